The Morgan fingerprint density at radius 1 is 1.36 bits per heavy atom. The first-order valence-corrected chi connectivity index (χ1v) is 5.68. The lowest BCUT2D eigenvalue weighted by Gasteiger charge is -2.06. The average molecular weight is 224 g/mol. The van der Waals surface area contributed by atoms with Gasteiger partial charge in [-0.25, -0.2) is 0 Å². The molecule has 0 fully saturated rings. The normalized spacial score (nSPS) is 11.9. The number of allylic oxidation sites excluding steroid dienone is 1. The van der Waals surface area contributed by atoms with Crippen molar-refractivity contribution in [2.24, 2.45) is 0 Å². The van der Waals surface area contributed by atoms with Gasteiger partial charge < -0.3 is 0 Å². The summed E-state index contributed by atoms with van der Waals surface area (Å²) in [6, 6.07) is 6.57. The van der Waals surface area contributed by atoms with Crippen LogP contribution < -0.4 is 0 Å². The van der Waals surface area contributed by atoms with Crippen molar-refractivity contribution in [1.82, 2.24) is 0 Å². The Kier molecular flexibility index (Phi) is 4.63. The summed E-state index contributed by atoms with van der Waals surface area (Å²) in [5.41, 5.74) is 4.09. The predicted octanol–water partition coefficient (Wildman–Crippen LogP) is 3.94. The number of hydrogen-bond acceptors (Lipinski definition) is 2. The maximum Gasteiger partial charge on any atom is -0.0120 e. The number of rotatable bonds is 3. The SMILES string of the molecule is Cc1ccc(C)c(CC/C(S)=C/S)c1. The van der Waals surface area contributed by atoms with Crippen LogP contribution >= 0.6 is 25.3 Å². The van der Waals surface area contributed by atoms with Crippen LogP contribution in [0, 0.1) is 13.8 Å². The van der Waals surface area contributed by atoms with Gasteiger partial charge >= 0.3 is 0 Å². The minimum absolute atomic E-state index is 0.969. The van der Waals surface area contributed by atoms with E-state index in [9.17, 15) is 0 Å². The highest BCUT2D eigenvalue weighted by molar-refractivity contribution is 7.87. The van der Waals surface area contributed by atoms with E-state index in [-0.39, 0.29) is 0 Å². The van der Waals surface area contributed by atoms with E-state index >= 15 is 0 Å². The second-order valence-corrected chi connectivity index (χ2v) is 4.38. The summed E-state index contributed by atoms with van der Waals surface area (Å²) in [4.78, 5) is 1.04. The van der Waals surface area contributed by atoms with Gasteiger partial charge in [0.15, 0.2) is 0 Å². The van der Waals surface area contributed by atoms with Crippen molar-refractivity contribution < 1.29 is 0 Å². The van der Waals surface area contributed by atoms with Crippen LogP contribution in [0.4, 0.5) is 0 Å². The lowest BCUT2D eigenvalue weighted by Crippen LogP contribution is -1.90. The van der Waals surface area contributed by atoms with Gasteiger partial charge in [-0.05, 0) is 48.1 Å². The van der Waals surface area contributed by atoms with Gasteiger partial charge in [-0.3, -0.25) is 0 Å². The van der Waals surface area contributed by atoms with E-state index in [2.05, 4.69) is 57.3 Å². The van der Waals surface area contributed by atoms with E-state index in [0.717, 1.165) is 17.7 Å². The van der Waals surface area contributed by atoms with Crippen molar-refractivity contribution in [3.8, 4) is 0 Å². The molecule has 1 aromatic carbocycles. The van der Waals surface area contributed by atoms with Gasteiger partial charge in [0, 0.05) is 0 Å². The molecule has 1 rings (SSSR count). The van der Waals surface area contributed by atoms with Gasteiger partial charge in [-0.1, -0.05) is 23.8 Å². The number of aryl methyl sites for hydroxylation is 3. The molecule has 0 unspecified atom stereocenters. The van der Waals surface area contributed by atoms with Crippen LogP contribution in [0.15, 0.2) is 28.5 Å². The molecular weight excluding hydrogens is 208 g/mol. The molecule has 14 heavy (non-hydrogen) atoms. The van der Waals surface area contributed by atoms with Crippen molar-refractivity contribution in [2.75, 3.05) is 0 Å². The van der Waals surface area contributed by atoms with Crippen molar-refractivity contribution in [2.45, 2.75) is 26.7 Å². The summed E-state index contributed by atoms with van der Waals surface area (Å²) in [7, 11) is 0. The zero-order valence-electron chi connectivity index (χ0n) is 8.62. The Morgan fingerprint density at radius 2 is 2.07 bits per heavy atom. The summed E-state index contributed by atoms with van der Waals surface area (Å²) in [6.45, 7) is 4.27. The highest BCUT2D eigenvalue weighted by Gasteiger charge is 1.99. The summed E-state index contributed by atoms with van der Waals surface area (Å²) in [5.74, 6) is 0. The van der Waals surface area contributed by atoms with Gasteiger partial charge in [-0.15, -0.1) is 12.6 Å². The molecule has 0 N–H and O–H groups in total. The third kappa shape index (κ3) is 3.43. The molecule has 1 aromatic rings. The molecule has 0 aliphatic rings. The quantitative estimate of drug-likeness (QED) is 0.714. The van der Waals surface area contributed by atoms with Crippen LogP contribution in [-0.4, -0.2) is 0 Å². The molecule has 0 radical (unpaired) electrons. The fraction of sp³-hybridized carbons (Fsp3) is 0.333. The first-order valence-electron chi connectivity index (χ1n) is 4.72. The molecule has 0 heterocycles. The fourth-order valence-electron chi connectivity index (χ4n) is 1.40. The Morgan fingerprint density at radius 3 is 2.71 bits per heavy atom. The van der Waals surface area contributed by atoms with Crippen LogP contribution in [-0.2, 0) is 6.42 Å². The predicted molar refractivity (Wildman–Crippen MR) is 70.3 cm³/mol. The molecule has 0 bridgehead atoms. The van der Waals surface area contributed by atoms with Gasteiger partial charge in [-0.2, -0.15) is 12.6 Å². The van der Waals surface area contributed by atoms with Crippen LogP contribution in [0.25, 0.3) is 0 Å². The molecule has 0 amide bonds. The fourth-order valence-corrected chi connectivity index (χ4v) is 1.64. The topological polar surface area (TPSA) is 0 Å². The molecule has 0 nitrogen and oxygen atoms in total. The number of hydrogen-bond donors (Lipinski definition) is 2. The van der Waals surface area contributed by atoms with Gasteiger partial charge in [0.05, 0.1) is 0 Å². The third-order valence-electron chi connectivity index (χ3n) is 2.30. The zero-order valence-corrected chi connectivity index (χ0v) is 10.4. The van der Waals surface area contributed by atoms with Crippen molar-refractivity contribution in [3.05, 3.63) is 45.2 Å². The monoisotopic (exact) mass is 224 g/mol. The van der Waals surface area contributed by atoms with Crippen LogP contribution in [0.2, 0.25) is 0 Å². The summed E-state index contributed by atoms with van der Waals surface area (Å²) in [6.07, 6.45) is 2.01. The Balaban J connectivity index is 2.71. The zero-order chi connectivity index (χ0) is 10.6. The summed E-state index contributed by atoms with van der Waals surface area (Å²) in [5, 5.41) is 1.76. The van der Waals surface area contributed by atoms with E-state index in [0.29, 0.717) is 0 Å². The highest BCUT2D eigenvalue weighted by Crippen LogP contribution is 2.17. The largest absolute Gasteiger partial charge is 0.151 e. The molecular formula is C12H16S2. The molecule has 0 saturated carbocycles. The average Bonchev–Trinajstić information content (AvgIpc) is 2.19. The first kappa shape index (κ1) is 11.7. The first-order chi connectivity index (χ1) is 6.63. The minimum Gasteiger partial charge on any atom is -0.151 e. The van der Waals surface area contributed by atoms with E-state index in [1.807, 2.05) is 0 Å². The molecule has 0 aromatic heterocycles. The lowest BCUT2D eigenvalue weighted by molar-refractivity contribution is 0.976. The Labute approximate surface area is 97.2 Å². The van der Waals surface area contributed by atoms with Crippen molar-refractivity contribution >= 4 is 25.3 Å². The van der Waals surface area contributed by atoms with Crippen molar-refractivity contribution in [1.29, 1.82) is 0 Å². The molecule has 2 heteroatoms. The lowest BCUT2D eigenvalue weighted by atomic mass is 10.0. The number of thiol groups is 2. The van der Waals surface area contributed by atoms with Crippen molar-refractivity contribution in [3.63, 3.8) is 0 Å². The van der Waals surface area contributed by atoms with E-state index in [4.69, 9.17) is 0 Å². The smallest absolute Gasteiger partial charge is 0.0120 e. The summed E-state index contributed by atoms with van der Waals surface area (Å²) >= 11 is 8.37. The maximum atomic E-state index is 4.31. The second kappa shape index (κ2) is 5.52. The highest BCUT2D eigenvalue weighted by atomic mass is 32.1. The molecule has 0 spiro atoms. The van der Waals surface area contributed by atoms with Crippen LogP contribution in [0.5, 0.6) is 0 Å². The van der Waals surface area contributed by atoms with Crippen LogP contribution in [0.3, 0.4) is 0 Å². The third-order valence-corrected chi connectivity index (χ3v) is 3.17. The minimum atomic E-state index is 0.969. The van der Waals surface area contributed by atoms with Gasteiger partial charge in [0.2, 0.25) is 0 Å². The van der Waals surface area contributed by atoms with E-state index in [1.165, 1.54) is 16.7 Å². The molecule has 0 aliphatic heterocycles. The summed E-state index contributed by atoms with van der Waals surface area (Å²) < 4.78 is 0. The van der Waals surface area contributed by atoms with E-state index < -0.39 is 0 Å². The molecule has 0 atom stereocenters. The number of benzene rings is 1. The molecule has 76 valence electrons. The van der Waals surface area contributed by atoms with Gasteiger partial charge in [0.1, 0.15) is 0 Å². The standard InChI is InChI=1S/C12H16S2/c1-9-3-4-10(2)11(7-9)5-6-12(14)8-13/h3-4,7-8,13-14H,5-6H2,1-2H3/b12-8-. The molecule has 0 aliphatic carbocycles. The Bertz CT molecular complexity index is 340. The Hall–Kier alpha value is -0.340. The molecule has 0 saturated heterocycles. The van der Waals surface area contributed by atoms with Gasteiger partial charge in [0.25, 0.3) is 0 Å². The maximum absolute atomic E-state index is 4.31. The van der Waals surface area contributed by atoms with Crippen LogP contribution in [0.1, 0.15) is 23.1 Å². The second-order valence-electron chi connectivity index (χ2n) is 3.55. The van der Waals surface area contributed by atoms with E-state index in [1.54, 1.807) is 5.41 Å².